The van der Waals surface area contributed by atoms with Crippen LogP contribution in [-0.4, -0.2) is 17.7 Å². The summed E-state index contributed by atoms with van der Waals surface area (Å²) in [5.41, 5.74) is 3.78. The quantitative estimate of drug-likeness (QED) is 0.702. The fourth-order valence-corrected chi connectivity index (χ4v) is 3.83. The number of fused-ring (bicyclic) bond motifs is 1. The van der Waals surface area contributed by atoms with Gasteiger partial charge in [0, 0.05) is 29.4 Å². The average Bonchev–Trinajstić information content (AvgIpc) is 3.12. The molecule has 3 aromatic rings. The second kappa shape index (κ2) is 7.13. The second-order valence-electron chi connectivity index (χ2n) is 6.93. The fraction of sp³-hybridized carbons (Fsp3) is 0.318. The third kappa shape index (κ3) is 3.13. The lowest BCUT2D eigenvalue weighted by atomic mass is 9.95. The van der Waals surface area contributed by atoms with Crippen molar-refractivity contribution in [3.05, 3.63) is 54.2 Å². The van der Waals surface area contributed by atoms with Crippen molar-refractivity contribution < 1.29 is 4.74 Å². The van der Waals surface area contributed by atoms with Gasteiger partial charge in [0.15, 0.2) is 0 Å². The minimum absolute atomic E-state index is 0.465. The Bertz CT molecular complexity index is 961. The molecule has 4 nitrogen and oxygen atoms in total. The zero-order valence-electron chi connectivity index (χ0n) is 15.0. The maximum absolute atomic E-state index is 9.50. The molecule has 2 aromatic carbocycles. The topological polar surface area (TPSA) is 50.0 Å². The van der Waals surface area contributed by atoms with Crippen molar-refractivity contribution in [1.82, 2.24) is 4.57 Å². The molecule has 26 heavy (non-hydrogen) atoms. The molecule has 0 unspecified atom stereocenters. The van der Waals surface area contributed by atoms with Gasteiger partial charge in [-0.3, -0.25) is 0 Å². The Labute approximate surface area is 154 Å². The molecule has 4 heteroatoms. The van der Waals surface area contributed by atoms with Crippen molar-refractivity contribution in [3.63, 3.8) is 0 Å². The molecule has 132 valence electrons. The number of aromatic nitrogens is 1. The van der Waals surface area contributed by atoms with E-state index in [1.807, 2.05) is 24.3 Å². The van der Waals surface area contributed by atoms with Gasteiger partial charge in [-0.15, -0.1) is 0 Å². The smallest absolute Gasteiger partial charge is 0.120 e. The molecule has 1 N–H and O–H groups in total. The molecule has 1 saturated carbocycles. The summed E-state index contributed by atoms with van der Waals surface area (Å²) >= 11 is 0. The van der Waals surface area contributed by atoms with E-state index in [0.717, 1.165) is 28.0 Å². The molecular formula is C22H23N3O. The molecule has 0 radical (unpaired) electrons. The largest absolute Gasteiger partial charge is 0.497 e. The highest BCUT2D eigenvalue weighted by Gasteiger charge is 2.15. The average molecular weight is 345 g/mol. The Morgan fingerprint density at radius 2 is 1.92 bits per heavy atom. The van der Waals surface area contributed by atoms with Gasteiger partial charge in [0.2, 0.25) is 0 Å². The molecule has 1 aromatic heterocycles. The molecule has 4 rings (SSSR count). The van der Waals surface area contributed by atoms with Crippen molar-refractivity contribution in [1.29, 1.82) is 5.26 Å². The van der Waals surface area contributed by atoms with Gasteiger partial charge in [-0.25, -0.2) is 0 Å². The van der Waals surface area contributed by atoms with Crippen LogP contribution in [0.3, 0.4) is 0 Å². The number of benzene rings is 2. The second-order valence-corrected chi connectivity index (χ2v) is 6.93. The van der Waals surface area contributed by atoms with Gasteiger partial charge in [-0.1, -0.05) is 19.3 Å². The van der Waals surface area contributed by atoms with Crippen LogP contribution in [0.4, 0.5) is 5.69 Å². The van der Waals surface area contributed by atoms with Crippen LogP contribution in [-0.2, 0) is 0 Å². The van der Waals surface area contributed by atoms with Gasteiger partial charge in [0.05, 0.1) is 23.9 Å². The van der Waals surface area contributed by atoms with Crippen molar-refractivity contribution in [2.24, 2.45) is 0 Å². The van der Waals surface area contributed by atoms with Gasteiger partial charge < -0.3 is 14.6 Å². The molecule has 1 aliphatic carbocycles. The van der Waals surface area contributed by atoms with Crippen LogP contribution in [0.2, 0.25) is 0 Å². The number of methoxy groups -OCH3 is 1. The van der Waals surface area contributed by atoms with E-state index in [9.17, 15) is 5.26 Å². The lowest BCUT2D eigenvalue weighted by Gasteiger charge is -2.24. The van der Waals surface area contributed by atoms with Crippen LogP contribution in [0.1, 0.15) is 37.7 Å². The Balaban J connectivity index is 1.73. The highest BCUT2D eigenvalue weighted by Crippen LogP contribution is 2.29. The van der Waals surface area contributed by atoms with Crippen LogP contribution in [0.25, 0.3) is 16.6 Å². The third-order valence-electron chi connectivity index (χ3n) is 5.27. The van der Waals surface area contributed by atoms with Crippen LogP contribution in [0.5, 0.6) is 5.75 Å². The molecule has 1 aliphatic rings. The zero-order chi connectivity index (χ0) is 17.9. The van der Waals surface area contributed by atoms with Gasteiger partial charge >= 0.3 is 0 Å². The molecular weight excluding hydrogens is 322 g/mol. The molecule has 0 atom stereocenters. The van der Waals surface area contributed by atoms with E-state index in [0.29, 0.717) is 11.6 Å². The molecule has 0 spiro atoms. The van der Waals surface area contributed by atoms with E-state index in [2.05, 4.69) is 40.3 Å². The highest BCUT2D eigenvalue weighted by molar-refractivity contribution is 5.83. The Kier molecular flexibility index (Phi) is 4.53. The third-order valence-corrected chi connectivity index (χ3v) is 5.27. The van der Waals surface area contributed by atoms with Crippen molar-refractivity contribution in [2.45, 2.75) is 38.1 Å². The first kappa shape index (κ1) is 16.5. The molecule has 0 bridgehead atoms. The fourth-order valence-electron chi connectivity index (χ4n) is 3.83. The standard InChI is InChI=1S/C22H23N3O/c1-26-20-10-8-16-11-12-25(22(16)14-20)19-9-7-17(15-23)21(13-19)24-18-5-3-2-4-6-18/h7-14,18,24H,2-6H2,1H3. The number of nitriles is 1. The van der Waals surface area contributed by atoms with E-state index in [1.54, 1.807) is 7.11 Å². The van der Waals surface area contributed by atoms with Gasteiger partial charge in [-0.05, 0) is 49.2 Å². The van der Waals surface area contributed by atoms with Crippen LogP contribution in [0.15, 0.2) is 48.7 Å². The predicted molar refractivity (Wildman–Crippen MR) is 105 cm³/mol. The first-order valence-corrected chi connectivity index (χ1v) is 9.24. The first-order valence-electron chi connectivity index (χ1n) is 9.24. The Morgan fingerprint density at radius 1 is 1.08 bits per heavy atom. The van der Waals surface area contributed by atoms with Crippen molar-refractivity contribution in [3.8, 4) is 17.5 Å². The summed E-state index contributed by atoms with van der Waals surface area (Å²) < 4.78 is 7.52. The first-order chi connectivity index (χ1) is 12.8. The normalized spacial score (nSPS) is 14.9. The molecule has 1 heterocycles. The van der Waals surface area contributed by atoms with Gasteiger partial charge in [0.25, 0.3) is 0 Å². The maximum Gasteiger partial charge on any atom is 0.120 e. The van der Waals surface area contributed by atoms with Crippen molar-refractivity contribution in [2.75, 3.05) is 12.4 Å². The minimum Gasteiger partial charge on any atom is -0.497 e. The maximum atomic E-state index is 9.50. The number of hydrogen-bond donors (Lipinski definition) is 1. The van der Waals surface area contributed by atoms with Crippen molar-refractivity contribution >= 4 is 16.6 Å². The molecule has 0 aliphatic heterocycles. The summed E-state index contributed by atoms with van der Waals surface area (Å²) in [7, 11) is 1.68. The molecule has 1 fully saturated rings. The number of nitrogens with one attached hydrogen (secondary N) is 1. The monoisotopic (exact) mass is 345 g/mol. The molecule has 0 saturated heterocycles. The van der Waals surface area contributed by atoms with E-state index >= 15 is 0 Å². The van der Waals surface area contributed by atoms with Crippen LogP contribution in [0, 0.1) is 11.3 Å². The van der Waals surface area contributed by atoms with E-state index in [-0.39, 0.29) is 0 Å². The predicted octanol–water partition coefficient (Wildman–Crippen LogP) is 5.26. The van der Waals surface area contributed by atoms with Gasteiger partial charge in [0.1, 0.15) is 11.8 Å². The number of hydrogen-bond acceptors (Lipinski definition) is 3. The molecule has 0 amide bonds. The summed E-state index contributed by atoms with van der Waals surface area (Å²) in [5, 5.41) is 14.3. The van der Waals surface area contributed by atoms with Gasteiger partial charge in [-0.2, -0.15) is 5.26 Å². The van der Waals surface area contributed by atoms with Crippen LogP contribution >= 0.6 is 0 Å². The van der Waals surface area contributed by atoms with E-state index in [4.69, 9.17) is 4.74 Å². The summed E-state index contributed by atoms with van der Waals surface area (Å²) in [4.78, 5) is 0. The summed E-state index contributed by atoms with van der Waals surface area (Å²) in [5.74, 6) is 0.839. The Hall–Kier alpha value is -2.93. The summed E-state index contributed by atoms with van der Waals surface area (Å²) in [6, 6.07) is 17.0. The number of anilines is 1. The minimum atomic E-state index is 0.465. The Morgan fingerprint density at radius 3 is 2.69 bits per heavy atom. The van der Waals surface area contributed by atoms with E-state index in [1.165, 1.54) is 32.1 Å². The lowest BCUT2D eigenvalue weighted by Crippen LogP contribution is -2.22. The number of nitrogens with zero attached hydrogens (tertiary/aromatic N) is 2. The summed E-state index contributed by atoms with van der Waals surface area (Å²) in [6.07, 6.45) is 8.27. The SMILES string of the molecule is COc1ccc2ccn(-c3ccc(C#N)c(NC4CCCCC4)c3)c2c1. The summed E-state index contributed by atoms with van der Waals surface area (Å²) in [6.45, 7) is 0. The lowest BCUT2D eigenvalue weighted by molar-refractivity contribution is 0.415. The zero-order valence-corrected chi connectivity index (χ0v) is 15.0. The highest BCUT2D eigenvalue weighted by atomic mass is 16.5. The number of ether oxygens (including phenoxy) is 1. The van der Waals surface area contributed by atoms with Crippen LogP contribution < -0.4 is 10.1 Å². The number of rotatable bonds is 4. The van der Waals surface area contributed by atoms with E-state index < -0.39 is 0 Å².